The third-order valence-electron chi connectivity index (χ3n) is 3.93. The number of hydrogen-bond acceptors (Lipinski definition) is 5. The molecule has 1 saturated carbocycles. The van der Waals surface area contributed by atoms with E-state index in [1.165, 1.54) is 19.3 Å². The van der Waals surface area contributed by atoms with Crippen molar-refractivity contribution < 1.29 is 9.13 Å². The average molecular weight is 316 g/mol. The number of hydrazine groups is 1. The third-order valence-corrected chi connectivity index (χ3v) is 3.93. The number of anilines is 1. The molecular formula is C17H21FN4O. The predicted octanol–water partition coefficient (Wildman–Crippen LogP) is 3.44. The van der Waals surface area contributed by atoms with Crippen molar-refractivity contribution in [1.82, 2.24) is 15.4 Å². The summed E-state index contributed by atoms with van der Waals surface area (Å²) in [5.74, 6) is -0.381. The van der Waals surface area contributed by atoms with E-state index >= 15 is 0 Å². The zero-order valence-corrected chi connectivity index (χ0v) is 13.0. The molecule has 6 heteroatoms. The fourth-order valence-electron chi connectivity index (χ4n) is 2.65. The van der Waals surface area contributed by atoms with E-state index in [-0.39, 0.29) is 11.8 Å². The molecule has 1 aliphatic carbocycles. The molecule has 1 aliphatic rings. The van der Waals surface area contributed by atoms with Gasteiger partial charge in [0.15, 0.2) is 11.6 Å². The van der Waals surface area contributed by atoms with Gasteiger partial charge in [0.2, 0.25) is 0 Å². The highest BCUT2D eigenvalue weighted by Gasteiger charge is 2.14. The molecule has 0 atom stereocenters. The van der Waals surface area contributed by atoms with Gasteiger partial charge in [-0.15, -0.1) is 0 Å². The monoisotopic (exact) mass is 316 g/mol. The molecule has 0 aliphatic heterocycles. The van der Waals surface area contributed by atoms with Crippen LogP contribution in [0.3, 0.4) is 0 Å². The molecule has 3 rings (SSSR count). The van der Waals surface area contributed by atoms with Gasteiger partial charge in [0, 0.05) is 6.04 Å². The highest BCUT2D eigenvalue weighted by atomic mass is 19.1. The van der Waals surface area contributed by atoms with Crippen LogP contribution in [-0.2, 0) is 6.61 Å². The summed E-state index contributed by atoms with van der Waals surface area (Å²) in [7, 11) is 0. The molecule has 2 aromatic rings. The van der Waals surface area contributed by atoms with Crippen molar-refractivity contribution in [2.45, 2.75) is 44.8 Å². The van der Waals surface area contributed by atoms with Crippen LogP contribution < -0.4 is 15.6 Å². The average Bonchev–Trinajstić information content (AvgIpc) is 2.62. The molecule has 122 valence electrons. The number of rotatable bonds is 6. The summed E-state index contributed by atoms with van der Waals surface area (Å²) in [5, 5.41) is 0. The fraction of sp³-hybridized carbons (Fsp3) is 0.412. The molecular weight excluding hydrogens is 295 g/mol. The SMILES string of the molecule is Fc1cnc(OCc2ccccc2)nc1NNC1CCCCC1. The number of aromatic nitrogens is 2. The first kappa shape index (κ1) is 15.7. The van der Waals surface area contributed by atoms with Crippen LogP contribution in [0.15, 0.2) is 36.5 Å². The van der Waals surface area contributed by atoms with Crippen molar-refractivity contribution in [2.75, 3.05) is 5.43 Å². The van der Waals surface area contributed by atoms with E-state index in [0.29, 0.717) is 12.6 Å². The van der Waals surface area contributed by atoms with E-state index < -0.39 is 5.82 Å². The zero-order valence-electron chi connectivity index (χ0n) is 13.0. The van der Waals surface area contributed by atoms with E-state index in [4.69, 9.17) is 4.74 Å². The summed E-state index contributed by atoms with van der Waals surface area (Å²) < 4.78 is 19.3. The number of nitrogens with zero attached hydrogens (tertiary/aromatic N) is 2. The molecule has 0 amide bonds. The van der Waals surface area contributed by atoms with Gasteiger partial charge in [-0.3, -0.25) is 0 Å². The van der Waals surface area contributed by atoms with Crippen LogP contribution in [0.25, 0.3) is 0 Å². The van der Waals surface area contributed by atoms with Crippen LogP contribution in [0.1, 0.15) is 37.7 Å². The Balaban J connectivity index is 1.57. The Hall–Kier alpha value is -2.21. The molecule has 5 nitrogen and oxygen atoms in total. The van der Waals surface area contributed by atoms with Crippen LogP contribution >= 0.6 is 0 Å². The number of hydrogen-bond donors (Lipinski definition) is 2. The molecule has 0 spiro atoms. The Bertz CT molecular complexity index is 617. The summed E-state index contributed by atoms with van der Waals surface area (Å²) in [6, 6.07) is 10.2. The molecule has 0 saturated heterocycles. The lowest BCUT2D eigenvalue weighted by atomic mass is 9.96. The smallest absolute Gasteiger partial charge is 0.318 e. The van der Waals surface area contributed by atoms with Gasteiger partial charge in [0.05, 0.1) is 6.20 Å². The first-order valence-corrected chi connectivity index (χ1v) is 8.02. The summed E-state index contributed by atoms with van der Waals surface area (Å²) in [4.78, 5) is 7.96. The lowest BCUT2D eigenvalue weighted by Gasteiger charge is -2.23. The molecule has 0 radical (unpaired) electrons. The van der Waals surface area contributed by atoms with E-state index in [9.17, 15) is 4.39 Å². The van der Waals surface area contributed by atoms with Crippen molar-refractivity contribution >= 4 is 5.82 Å². The Morgan fingerprint density at radius 3 is 2.70 bits per heavy atom. The van der Waals surface area contributed by atoms with Crippen LogP contribution in [0.5, 0.6) is 6.01 Å². The van der Waals surface area contributed by atoms with Gasteiger partial charge < -0.3 is 10.2 Å². The van der Waals surface area contributed by atoms with Crippen molar-refractivity contribution in [3.05, 3.63) is 47.9 Å². The number of halogens is 1. The second-order valence-electron chi connectivity index (χ2n) is 5.73. The maximum absolute atomic E-state index is 13.8. The highest BCUT2D eigenvalue weighted by molar-refractivity contribution is 5.35. The van der Waals surface area contributed by atoms with Crippen molar-refractivity contribution in [3.8, 4) is 6.01 Å². The standard InChI is InChI=1S/C17H21FN4O/c18-15-11-19-17(23-12-13-7-3-1-4-8-13)20-16(15)22-21-14-9-5-2-6-10-14/h1,3-4,7-8,11,14,21H,2,5-6,9-10,12H2,(H,19,20,22). The van der Waals surface area contributed by atoms with Gasteiger partial charge >= 0.3 is 6.01 Å². The highest BCUT2D eigenvalue weighted by Crippen LogP contribution is 2.18. The second kappa shape index (κ2) is 7.87. The van der Waals surface area contributed by atoms with Gasteiger partial charge in [-0.1, -0.05) is 49.6 Å². The lowest BCUT2D eigenvalue weighted by Crippen LogP contribution is -2.36. The summed E-state index contributed by atoms with van der Waals surface area (Å²) >= 11 is 0. The first-order chi connectivity index (χ1) is 11.3. The van der Waals surface area contributed by atoms with Gasteiger partial charge in [-0.25, -0.2) is 14.8 Å². The largest absolute Gasteiger partial charge is 0.459 e. The van der Waals surface area contributed by atoms with E-state index in [0.717, 1.165) is 24.6 Å². The quantitative estimate of drug-likeness (QED) is 0.800. The van der Waals surface area contributed by atoms with Crippen LogP contribution in [0, 0.1) is 5.82 Å². The fourth-order valence-corrected chi connectivity index (χ4v) is 2.65. The Labute approximate surface area is 135 Å². The number of benzene rings is 1. The van der Waals surface area contributed by atoms with Crippen molar-refractivity contribution in [1.29, 1.82) is 0 Å². The van der Waals surface area contributed by atoms with Gasteiger partial charge in [-0.2, -0.15) is 4.98 Å². The predicted molar refractivity (Wildman–Crippen MR) is 86.4 cm³/mol. The third kappa shape index (κ3) is 4.63. The van der Waals surface area contributed by atoms with Crippen LogP contribution in [0.2, 0.25) is 0 Å². The molecule has 0 unspecified atom stereocenters. The molecule has 1 aromatic heterocycles. The Morgan fingerprint density at radius 2 is 1.91 bits per heavy atom. The summed E-state index contributed by atoms with van der Waals surface area (Å²) in [6.07, 6.45) is 7.00. The van der Waals surface area contributed by atoms with Crippen molar-refractivity contribution in [3.63, 3.8) is 0 Å². The Morgan fingerprint density at radius 1 is 1.13 bits per heavy atom. The molecule has 1 fully saturated rings. The summed E-state index contributed by atoms with van der Waals surface area (Å²) in [6.45, 7) is 0.349. The Kier molecular flexibility index (Phi) is 5.37. The minimum absolute atomic E-state index is 0.119. The van der Waals surface area contributed by atoms with Crippen LogP contribution in [0.4, 0.5) is 10.2 Å². The normalized spacial score (nSPS) is 15.3. The topological polar surface area (TPSA) is 59.1 Å². The maximum Gasteiger partial charge on any atom is 0.318 e. The number of nitrogens with one attached hydrogen (secondary N) is 2. The van der Waals surface area contributed by atoms with Gasteiger partial charge in [0.25, 0.3) is 0 Å². The van der Waals surface area contributed by atoms with E-state index in [1.54, 1.807) is 0 Å². The molecule has 1 heterocycles. The minimum Gasteiger partial charge on any atom is -0.459 e. The first-order valence-electron chi connectivity index (χ1n) is 8.02. The molecule has 23 heavy (non-hydrogen) atoms. The minimum atomic E-state index is -0.500. The molecule has 0 bridgehead atoms. The van der Waals surface area contributed by atoms with Gasteiger partial charge in [0.1, 0.15) is 6.61 Å². The van der Waals surface area contributed by atoms with Gasteiger partial charge in [-0.05, 0) is 18.4 Å². The maximum atomic E-state index is 13.8. The summed E-state index contributed by atoms with van der Waals surface area (Å²) in [5.41, 5.74) is 7.02. The van der Waals surface area contributed by atoms with Crippen LogP contribution in [-0.4, -0.2) is 16.0 Å². The molecule has 1 aromatic carbocycles. The van der Waals surface area contributed by atoms with E-state index in [1.807, 2.05) is 30.3 Å². The van der Waals surface area contributed by atoms with E-state index in [2.05, 4.69) is 20.8 Å². The number of ether oxygens (including phenoxy) is 1. The molecule has 2 N–H and O–H groups in total. The van der Waals surface area contributed by atoms with Crippen molar-refractivity contribution in [2.24, 2.45) is 0 Å². The second-order valence-corrected chi connectivity index (χ2v) is 5.73. The lowest BCUT2D eigenvalue weighted by molar-refractivity contribution is 0.279. The zero-order chi connectivity index (χ0) is 15.9.